The highest BCUT2D eigenvalue weighted by Crippen LogP contribution is 2.28. The second-order valence-corrected chi connectivity index (χ2v) is 6.01. The van der Waals surface area contributed by atoms with Crippen molar-refractivity contribution in [3.8, 4) is 11.8 Å². The Kier molecular flexibility index (Phi) is 5.68. The normalized spacial score (nSPS) is 11.0. The Balaban J connectivity index is 1.89. The number of nitriles is 1. The van der Waals surface area contributed by atoms with Crippen LogP contribution in [0.25, 0.3) is 11.6 Å². The number of benzene rings is 3. The summed E-state index contributed by atoms with van der Waals surface area (Å²) in [4.78, 5) is 0. The molecule has 3 aromatic rings. The summed E-state index contributed by atoms with van der Waals surface area (Å²) in [5.74, 6) is 0.307. The van der Waals surface area contributed by atoms with Crippen LogP contribution in [0.15, 0.2) is 72.8 Å². The van der Waals surface area contributed by atoms with E-state index in [1.807, 2.05) is 36.4 Å². The molecule has 0 aliphatic heterocycles. The summed E-state index contributed by atoms with van der Waals surface area (Å²) in [5.41, 5.74) is 2.59. The number of allylic oxidation sites excluding steroid dienone is 1. The Bertz CT molecular complexity index is 991. The molecular weight excluding hydrogens is 349 g/mol. The van der Waals surface area contributed by atoms with Crippen LogP contribution in [0.2, 0.25) is 5.02 Å². The average molecular weight is 364 g/mol. The van der Waals surface area contributed by atoms with E-state index in [1.54, 1.807) is 30.3 Å². The maximum atomic E-state index is 13.3. The Morgan fingerprint density at radius 2 is 1.81 bits per heavy atom. The highest BCUT2D eigenvalue weighted by atomic mass is 35.5. The number of nitrogens with zero attached hydrogens (tertiary/aromatic N) is 1. The topological polar surface area (TPSA) is 33.0 Å². The van der Waals surface area contributed by atoms with Crippen molar-refractivity contribution in [1.82, 2.24) is 0 Å². The molecule has 0 unspecified atom stereocenters. The first-order valence-electron chi connectivity index (χ1n) is 8.00. The number of hydrogen-bond acceptors (Lipinski definition) is 2. The molecule has 0 spiro atoms. The van der Waals surface area contributed by atoms with Gasteiger partial charge in [0.2, 0.25) is 0 Å². The number of para-hydroxylation sites is 1. The molecule has 0 atom stereocenters. The summed E-state index contributed by atoms with van der Waals surface area (Å²) in [6.45, 7) is 0.233. The Morgan fingerprint density at radius 1 is 1.04 bits per heavy atom. The zero-order valence-electron chi connectivity index (χ0n) is 13.8. The summed E-state index contributed by atoms with van der Waals surface area (Å²) >= 11 is 6.20. The van der Waals surface area contributed by atoms with Crippen molar-refractivity contribution < 1.29 is 9.13 Å². The molecule has 0 saturated carbocycles. The van der Waals surface area contributed by atoms with Gasteiger partial charge >= 0.3 is 0 Å². The fraction of sp³-hybridized carbons (Fsp3) is 0.0455. The lowest BCUT2D eigenvalue weighted by Crippen LogP contribution is -1.97. The summed E-state index contributed by atoms with van der Waals surface area (Å²) in [7, 11) is 0. The van der Waals surface area contributed by atoms with E-state index < -0.39 is 0 Å². The van der Waals surface area contributed by atoms with E-state index in [2.05, 4.69) is 6.07 Å². The lowest BCUT2D eigenvalue weighted by Gasteiger charge is -2.10. The van der Waals surface area contributed by atoms with E-state index in [4.69, 9.17) is 16.3 Å². The van der Waals surface area contributed by atoms with Crippen LogP contribution in [-0.4, -0.2) is 0 Å². The third-order valence-electron chi connectivity index (χ3n) is 3.79. The van der Waals surface area contributed by atoms with Crippen molar-refractivity contribution in [2.45, 2.75) is 6.61 Å². The van der Waals surface area contributed by atoms with Gasteiger partial charge in [0.15, 0.2) is 0 Å². The van der Waals surface area contributed by atoms with Crippen molar-refractivity contribution in [3.05, 3.63) is 100 Å². The minimum absolute atomic E-state index is 0.233. The van der Waals surface area contributed by atoms with Gasteiger partial charge in [-0.3, -0.25) is 0 Å². The van der Waals surface area contributed by atoms with Crippen molar-refractivity contribution >= 4 is 23.3 Å². The Labute approximate surface area is 156 Å². The number of ether oxygens (including phenoxy) is 1. The van der Waals surface area contributed by atoms with Gasteiger partial charge in [-0.1, -0.05) is 60.1 Å². The molecule has 26 heavy (non-hydrogen) atoms. The van der Waals surface area contributed by atoms with Crippen molar-refractivity contribution in [1.29, 1.82) is 5.26 Å². The van der Waals surface area contributed by atoms with Crippen molar-refractivity contribution in [3.63, 3.8) is 0 Å². The highest BCUT2D eigenvalue weighted by molar-refractivity contribution is 6.32. The first-order valence-corrected chi connectivity index (χ1v) is 8.38. The number of halogens is 2. The van der Waals surface area contributed by atoms with Crippen LogP contribution in [0.3, 0.4) is 0 Å². The van der Waals surface area contributed by atoms with Gasteiger partial charge in [0.1, 0.15) is 18.2 Å². The Hall–Kier alpha value is -3.09. The van der Waals surface area contributed by atoms with Gasteiger partial charge in [-0.25, -0.2) is 4.39 Å². The molecule has 3 aromatic carbocycles. The molecular formula is C22H15ClFNO. The first kappa shape index (κ1) is 17.7. The van der Waals surface area contributed by atoms with Crippen LogP contribution in [0.5, 0.6) is 5.75 Å². The molecule has 0 N–H and O–H groups in total. The summed E-state index contributed by atoms with van der Waals surface area (Å²) in [6, 6.07) is 23.0. The fourth-order valence-electron chi connectivity index (χ4n) is 2.52. The minimum Gasteiger partial charge on any atom is -0.488 e. The second-order valence-electron chi connectivity index (χ2n) is 5.61. The maximum Gasteiger partial charge on any atom is 0.127 e. The van der Waals surface area contributed by atoms with Gasteiger partial charge in [0.05, 0.1) is 11.6 Å². The molecule has 0 saturated heterocycles. The lowest BCUT2D eigenvalue weighted by atomic mass is 10.0. The zero-order chi connectivity index (χ0) is 18.4. The van der Waals surface area contributed by atoms with Crippen LogP contribution in [0.1, 0.15) is 16.7 Å². The average Bonchev–Trinajstić information content (AvgIpc) is 2.66. The molecule has 128 valence electrons. The largest absolute Gasteiger partial charge is 0.488 e. The van der Waals surface area contributed by atoms with E-state index in [0.29, 0.717) is 21.9 Å². The molecule has 0 radical (unpaired) electrons. The third-order valence-corrected chi connectivity index (χ3v) is 4.12. The fourth-order valence-corrected chi connectivity index (χ4v) is 2.76. The molecule has 0 bridgehead atoms. The maximum absolute atomic E-state index is 13.3. The van der Waals surface area contributed by atoms with E-state index >= 15 is 0 Å². The second kappa shape index (κ2) is 8.33. The van der Waals surface area contributed by atoms with Gasteiger partial charge in [-0.15, -0.1) is 0 Å². The van der Waals surface area contributed by atoms with Crippen LogP contribution in [-0.2, 0) is 6.61 Å². The summed E-state index contributed by atoms with van der Waals surface area (Å²) in [5, 5.41) is 10.0. The lowest BCUT2D eigenvalue weighted by molar-refractivity contribution is 0.305. The monoisotopic (exact) mass is 363 g/mol. The molecule has 0 heterocycles. The van der Waals surface area contributed by atoms with Crippen LogP contribution in [0, 0.1) is 17.1 Å². The number of hydrogen-bond donors (Lipinski definition) is 0. The van der Waals surface area contributed by atoms with E-state index in [9.17, 15) is 9.65 Å². The summed E-state index contributed by atoms with van der Waals surface area (Å²) in [6.07, 6.45) is 1.74. The van der Waals surface area contributed by atoms with Gasteiger partial charge < -0.3 is 4.74 Å². The van der Waals surface area contributed by atoms with Gasteiger partial charge in [0.25, 0.3) is 0 Å². The molecule has 0 aliphatic rings. The minimum atomic E-state index is -0.301. The molecule has 3 rings (SSSR count). The predicted molar refractivity (Wildman–Crippen MR) is 102 cm³/mol. The molecule has 0 aliphatic carbocycles. The SMILES string of the molecule is N#CC(=Cc1ccccc1OCc1cccc(F)c1)c1ccccc1Cl. The molecule has 0 aromatic heterocycles. The van der Waals surface area contributed by atoms with Gasteiger partial charge in [-0.2, -0.15) is 5.26 Å². The molecule has 0 amide bonds. The highest BCUT2D eigenvalue weighted by Gasteiger charge is 2.08. The molecule has 4 heteroatoms. The van der Waals surface area contributed by atoms with Gasteiger partial charge in [-0.05, 0) is 35.9 Å². The van der Waals surface area contributed by atoms with Crippen molar-refractivity contribution in [2.24, 2.45) is 0 Å². The third kappa shape index (κ3) is 4.30. The zero-order valence-corrected chi connectivity index (χ0v) is 14.6. The first-order chi connectivity index (χ1) is 12.7. The number of rotatable bonds is 5. The standard InChI is InChI=1S/C22H15ClFNO/c23-21-10-3-2-9-20(21)18(14-25)13-17-7-1-4-11-22(17)26-15-16-6-5-8-19(24)12-16/h1-13H,15H2. The van der Waals surface area contributed by atoms with Crippen LogP contribution >= 0.6 is 11.6 Å². The van der Waals surface area contributed by atoms with E-state index in [0.717, 1.165) is 11.1 Å². The van der Waals surface area contributed by atoms with Crippen LogP contribution < -0.4 is 4.74 Å². The summed E-state index contributed by atoms with van der Waals surface area (Å²) < 4.78 is 19.1. The predicted octanol–water partition coefficient (Wildman–Crippen LogP) is 6.12. The van der Waals surface area contributed by atoms with Crippen LogP contribution in [0.4, 0.5) is 4.39 Å². The molecule has 0 fully saturated rings. The van der Waals surface area contributed by atoms with E-state index in [-0.39, 0.29) is 12.4 Å². The van der Waals surface area contributed by atoms with E-state index in [1.165, 1.54) is 12.1 Å². The molecule has 2 nitrogen and oxygen atoms in total. The van der Waals surface area contributed by atoms with Crippen molar-refractivity contribution in [2.75, 3.05) is 0 Å². The van der Waals surface area contributed by atoms with Gasteiger partial charge in [0, 0.05) is 16.1 Å². The smallest absolute Gasteiger partial charge is 0.127 e. The Morgan fingerprint density at radius 3 is 2.58 bits per heavy atom. The quantitative estimate of drug-likeness (QED) is 0.404.